The van der Waals surface area contributed by atoms with Crippen molar-refractivity contribution >= 4 is 23.3 Å². The SMILES string of the molecule is COc1ccc(CN2CCC3NNc4nc(Nc5ccccc5)nc2c43)cc1. The lowest BCUT2D eigenvalue weighted by atomic mass is 10.0. The quantitative estimate of drug-likeness (QED) is 0.630. The molecule has 142 valence electrons. The molecule has 0 fully saturated rings. The van der Waals surface area contributed by atoms with Crippen LogP contribution in [0.2, 0.25) is 0 Å². The second-order valence-electron chi connectivity index (χ2n) is 7.00. The molecule has 7 heteroatoms. The molecule has 5 rings (SSSR count). The molecule has 0 saturated carbocycles. The lowest BCUT2D eigenvalue weighted by Crippen LogP contribution is -2.34. The van der Waals surface area contributed by atoms with Crippen molar-refractivity contribution in [2.24, 2.45) is 0 Å². The first kappa shape index (κ1) is 16.8. The third kappa shape index (κ3) is 3.10. The van der Waals surface area contributed by atoms with Gasteiger partial charge in [0.15, 0.2) is 5.82 Å². The topological polar surface area (TPSA) is 74.3 Å². The fourth-order valence-electron chi connectivity index (χ4n) is 3.76. The maximum atomic E-state index is 5.27. The highest BCUT2D eigenvalue weighted by atomic mass is 16.5. The van der Waals surface area contributed by atoms with Gasteiger partial charge in [-0.25, -0.2) is 5.43 Å². The average Bonchev–Trinajstić information content (AvgIpc) is 3.15. The van der Waals surface area contributed by atoms with Gasteiger partial charge in [0.2, 0.25) is 5.95 Å². The number of rotatable bonds is 5. The third-order valence-electron chi connectivity index (χ3n) is 5.19. The molecule has 0 bridgehead atoms. The van der Waals surface area contributed by atoms with Crippen LogP contribution >= 0.6 is 0 Å². The summed E-state index contributed by atoms with van der Waals surface area (Å²) in [6.45, 7) is 1.73. The van der Waals surface area contributed by atoms with E-state index >= 15 is 0 Å². The van der Waals surface area contributed by atoms with Crippen molar-refractivity contribution in [3.63, 3.8) is 0 Å². The molecule has 1 aromatic heterocycles. The van der Waals surface area contributed by atoms with Gasteiger partial charge in [0.1, 0.15) is 11.6 Å². The Kier molecular flexibility index (Phi) is 4.21. The lowest BCUT2D eigenvalue weighted by molar-refractivity contribution is 0.414. The van der Waals surface area contributed by atoms with E-state index in [-0.39, 0.29) is 6.04 Å². The van der Waals surface area contributed by atoms with Crippen molar-refractivity contribution < 1.29 is 4.74 Å². The number of benzene rings is 2. The van der Waals surface area contributed by atoms with Crippen molar-refractivity contribution in [2.45, 2.75) is 19.0 Å². The molecule has 3 aromatic rings. The minimum atomic E-state index is 0.253. The molecule has 3 N–H and O–H groups in total. The van der Waals surface area contributed by atoms with E-state index in [1.165, 1.54) is 5.56 Å². The normalized spacial score (nSPS) is 17.0. The van der Waals surface area contributed by atoms with Crippen molar-refractivity contribution in [3.8, 4) is 5.75 Å². The molecule has 0 spiro atoms. The first-order valence-electron chi connectivity index (χ1n) is 9.43. The van der Waals surface area contributed by atoms with Gasteiger partial charge < -0.3 is 20.4 Å². The molecule has 0 amide bonds. The Labute approximate surface area is 163 Å². The Morgan fingerprint density at radius 3 is 2.71 bits per heavy atom. The summed E-state index contributed by atoms with van der Waals surface area (Å²) in [6, 6.07) is 18.4. The van der Waals surface area contributed by atoms with Crippen molar-refractivity contribution in [1.29, 1.82) is 0 Å². The zero-order valence-electron chi connectivity index (χ0n) is 15.6. The van der Waals surface area contributed by atoms with Gasteiger partial charge in [0.05, 0.1) is 18.7 Å². The Bertz CT molecular complexity index is 976. The number of nitrogens with zero attached hydrogens (tertiary/aromatic N) is 3. The van der Waals surface area contributed by atoms with Gasteiger partial charge in [-0.15, -0.1) is 0 Å². The Balaban J connectivity index is 1.47. The molecular formula is C21H22N6O. The molecule has 0 aliphatic carbocycles. The first-order chi connectivity index (χ1) is 13.8. The predicted octanol–water partition coefficient (Wildman–Crippen LogP) is 3.61. The number of aromatic nitrogens is 2. The second-order valence-corrected chi connectivity index (χ2v) is 7.00. The number of hydrazine groups is 1. The third-order valence-corrected chi connectivity index (χ3v) is 5.19. The van der Waals surface area contributed by atoms with E-state index in [2.05, 4.69) is 38.2 Å². The van der Waals surface area contributed by atoms with E-state index in [1.54, 1.807) is 7.11 Å². The van der Waals surface area contributed by atoms with Crippen molar-refractivity contribution in [1.82, 2.24) is 15.4 Å². The van der Waals surface area contributed by atoms with Crippen LogP contribution < -0.4 is 25.8 Å². The molecular weight excluding hydrogens is 352 g/mol. The molecule has 28 heavy (non-hydrogen) atoms. The summed E-state index contributed by atoms with van der Waals surface area (Å²) >= 11 is 0. The van der Waals surface area contributed by atoms with E-state index in [4.69, 9.17) is 9.72 Å². The number of ether oxygens (including phenoxy) is 1. The first-order valence-corrected chi connectivity index (χ1v) is 9.43. The van der Waals surface area contributed by atoms with Gasteiger partial charge in [-0.3, -0.25) is 0 Å². The van der Waals surface area contributed by atoms with Crippen LogP contribution in [0, 0.1) is 0 Å². The van der Waals surface area contributed by atoms with Gasteiger partial charge in [-0.05, 0) is 36.2 Å². The number of methoxy groups -OCH3 is 1. The Morgan fingerprint density at radius 1 is 1.11 bits per heavy atom. The van der Waals surface area contributed by atoms with Gasteiger partial charge in [-0.2, -0.15) is 9.97 Å². The van der Waals surface area contributed by atoms with Crippen molar-refractivity contribution in [2.75, 3.05) is 29.3 Å². The van der Waals surface area contributed by atoms with Gasteiger partial charge in [-0.1, -0.05) is 30.3 Å². The monoisotopic (exact) mass is 374 g/mol. The zero-order valence-corrected chi connectivity index (χ0v) is 15.6. The van der Waals surface area contributed by atoms with Crippen LogP contribution in [0.3, 0.4) is 0 Å². The summed E-state index contributed by atoms with van der Waals surface area (Å²) < 4.78 is 5.27. The summed E-state index contributed by atoms with van der Waals surface area (Å²) in [6.07, 6.45) is 1.01. The summed E-state index contributed by atoms with van der Waals surface area (Å²) in [5, 5.41) is 3.31. The van der Waals surface area contributed by atoms with Crippen LogP contribution in [0.1, 0.15) is 23.6 Å². The standard InChI is InChI=1S/C21H22N6O/c1-28-16-9-7-14(8-10-16)13-27-12-11-17-18-19(26-25-17)23-21(24-20(18)27)22-15-5-3-2-4-6-15/h2-10,17,25H,11-13H2,1H3,(H2,22,23,24,26). The second kappa shape index (κ2) is 7.01. The van der Waals surface area contributed by atoms with Crippen LogP contribution in [0.25, 0.3) is 0 Å². The molecule has 0 saturated heterocycles. The summed E-state index contributed by atoms with van der Waals surface area (Å²) in [4.78, 5) is 11.9. The fourth-order valence-corrected chi connectivity index (χ4v) is 3.76. The number of hydrogen-bond donors (Lipinski definition) is 3. The molecule has 2 aliphatic rings. The lowest BCUT2D eigenvalue weighted by Gasteiger charge is -2.32. The molecule has 3 heterocycles. The Morgan fingerprint density at radius 2 is 1.93 bits per heavy atom. The average molecular weight is 374 g/mol. The molecule has 2 aliphatic heterocycles. The van der Waals surface area contributed by atoms with E-state index < -0.39 is 0 Å². The minimum Gasteiger partial charge on any atom is -0.497 e. The van der Waals surface area contributed by atoms with Gasteiger partial charge in [0, 0.05) is 18.8 Å². The minimum absolute atomic E-state index is 0.253. The van der Waals surface area contributed by atoms with Crippen LogP contribution in [-0.2, 0) is 6.54 Å². The summed E-state index contributed by atoms with van der Waals surface area (Å²) in [5.41, 5.74) is 9.90. The van der Waals surface area contributed by atoms with Gasteiger partial charge in [0.25, 0.3) is 0 Å². The van der Waals surface area contributed by atoms with E-state index in [0.717, 1.165) is 48.1 Å². The predicted molar refractivity (Wildman–Crippen MR) is 110 cm³/mol. The van der Waals surface area contributed by atoms with Crippen LogP contribution in [-0.4, -0.2) is 23.6 Å². The fraction of sp³-hybridized carbons (Fsp3) is 0.238. The van der Waals surface area contributed by atoms with E-state index in [1.807, 2.05) is 42.5 Å². The number of hydrogen-bond acceptors (Lipinski definition) is 7. The molecule has 2 aromatic carbocycles. The zero-order chi connectivity index (χ0) is 18.9. The smallest absolute Gasteiger partial charge is 0.231 e. The molecule has 1 atom stereocenters. The highest BCUT2D eigenvalue weighted by Gasteiger charge is 2.34. The maximum absolute atomic E-state index is 5.27. The molecule has 1 unspecified atom stereocenters. The highest BCUT2D eigenvalue weighted by Crippen LogP contribution is 2.41. The number of nitrogens with one attached hydrogen (secondary N) is 3. The molecule has 7 nitrogen and oxygen atoms in total. The van der Waals surface area contributed by atoms with Crippen LogP contribution in [0.4, 0.5) is 23.3 Å². The van der Waals surface area contributed by atoms with Crippen LogP contribution in [0.15, 0.2) is 54.6 Å². The summed E-state index contributed by atoms with van der Waals surface area (Å²) in [5.74, 6) is 3.30. The van der Waals surface area contributed by atoms with Crippen LogP contribution in [0.5, 0.6) is 5.75 Å². The molecule has 0 radical (unpaired) electrons. The van der Waals surface area contributed by atoms with E-state index in [9.17, 15) is 0 Å². The van der Waals surface area contributed by atoms with Gasteiger partial charge >= 0.3 is 0 Å². The Hall–Kier alpha value is -3.32. The van der Waals surface area contributed by atoms with Crippen molar-refractivity contribution in [3.05, 3.63) is 65.7 Å². The largest absolute Gasteiger partial charge is 0.497 e. The maximum Gasteiger partial charge on any atom is 0.231 e. The summed E-state index contributed by atoms with van der Waals surface area (Å²) in [7, 11) is 1.69. The number of para-hydroxylation sites is 1. The number of anilines is 4. The van der Waals surface area contributed by atoms with E-state index in [0.29, 0.717) is 5.95 Å². The highest BCUT2D eigenvalue weighted by molar-refractivity contribution is 5.69.